The van der Waals surface area contributed by atoms with E-state index < -0.39 is 0 Å². The summed E-state index contributed by atoms with van der Waals surface area (Å²) in [4.78, 5) is 14.7. The average molecular weight is 458 g/mol. The largest absolute Gasteiger partial charge is 0.504 e. The number of phenols is 1. The van der Waals surface area contributed by atoms with Crippen molar-refractivity contribution in [2.45, 2.75) is 38.1 Å². The summed E-state index contributed by atoms with van der Waals surface area (Å²) in [5, 5.41) is 14.8. The zero-order chi connectivity index (χ0) is 22.5. The number of aromatic hydroxyl groups is 1. The molecule has 172 valence electrons. The SMILES string of the molecule is COc1cccc(/C=N/NC(=O)[C@@H]2CCCN(C(=S)NN[C@H]3C[C@H]4C=C[C@@H]3C4)CC2)c1O. The molecule has 4 N–H and O–H groups in total. The van der Waals surface area contributed by atoms with Gasteiger partial charge in [-0.3, -0.25) is 10.2 Å². The average Bonchev–Trinajstić information content (AvgIpc) is 3.33. The molecular formula is C23H31N5O3S. The fourth-order valence-corrected chi connectivity index (χ4v) is 5.05. The summed E-state index contributed by atoms with van der Waals surface area (Å²) in [5.74, 6) is 1.43. The molecule has 1 aromatic carbocycles. The number of fused-ring (bicyclic) bond motifs is 2. The molecule has 8 nitrogen and oxygen atoms in total. The van der Waals surface area contributed by atoms with Crippen molar-refractivity contribution in [3.8, 4) is 11.5 Å². The van der Waals surface area contributed by atoms with Crippen LogP contribution in [0.15, 0.2) is 35.5 Å². The molecule has 0 aromatic heterocycles. The third-order valence-corrected chi connectivity index (χ3v) is 7.02. The molecule has 1 heterocycles. The number of ether oxygens (including phenoxy) is 1. The van der Waals surface area contributed by atoms with Gasteiger partial charge in [0.05, 0.1) is 13.3 Å². The Balaban J connectivity index is 1.22. The number of nitrogens with zero attached hydrogens (tertiary/aromatic N) is 2. The fraction of sp³-hybridized carbons (Fsp3) is 0.522. The number of amides is 1. The Kier molecular flexibility index (Phi) is 7.26. The Labute approximate surface area is 194 Å². The lowest BCUT2D eigenvalue weighted by molar-refractivity contribution is -0.125. The normalized spacial score (nSPS) is 26.8. The number of allylic oxidation sites excluding steroid dienone is 1. The van der Waals surface area contributed by atoms with Crippen LogP contribution < -0.4 is 21.0 Å². The molecule has 1 aromatic rings. The lowest BCUT2D eigenvalue weighted by atomic mass is 10.0. The van der Waals surface area contributed by atoms with E-state index in [0.29, 0.717) is 40.7 Å². The van der Waals surface area contributed by atoms with Gasteiger partial charge in [-0.2, -0.15) is 5.10 Å². The minimum atomic E-state index is -0.123. The first kappa shape index (κ1) is 22.5. The van der Waals surface area contributed by atoms with Crippen LogP contribution >= 0.6 is 12.2 Å². The van der Waals surface area contributed by atoms with Crippen molar-refractivity contribution < 1.29 is 14.6 Å². The number of benzene rings is 1. The topological polar surface area (TPSA) is 98.2 Å². The maximum Gasteiger partial charge on any atom is 0.243 e. The van der Waals surface area contributed by atoms with Gasteiger partial charge in [0.25, 0.3) is 0 Å². The molecule has 3 aliphatic rings. The van der Waals surface area contributed by atoms with Crippen molar-refractivity contribution in [3.63, 3.8) is 0 Å². The summed E-state index contributed by atoms with van der Waals surface area (Å²) < 4.78 is 5.08. The number of hydrogen-bond donors (Lipinski definition) is 4. The molecule has 9 heteroatoms. The number of nitrogens with one attached hydrogen (secondary N) is 3. The predicted molar refractivity (Wildman–Crippen MR) is 127 cm³/mol. The maximum atomic E-state index is 12.6. The smallest absolute Gasteiger partial charge is 0.243 e. The van der Waals surface area contributed by atoms with Crippen molar-refractivity contribution in [1.29, 1.82) is 0 Å². The van der Waals surface area contributed by atoms with Gasteiger partial charge in [0.2, 0.25) is 5.91 Å². The number of methoxy groups -OCH3 is 1. The Bertz CT molecular complexity index is 906. The van der Waals surface area contributed by atoms with Gasteiger partial charge in [-0.25, -0.2) is 10.9 Å². The van der Waals surface area contributed by atoms with Crippen molar-refractivity contribution in [2.75, 3.05) is 20.2 Å². The monoisotopic (exact) mass is 457 g/mol. The highest BCUT2D eigenvalue weighted by molar-refractivity contribution is 7.80. The maximum absolute atomic E-state index is 12.6. The van der Waals surface area contributed by atoms with Crippen LogP contribution in [0.1, 0.15) is 37.7 Å². The minimum absolute atomic E-state index is 0.00539. The van der Waals surface area contributed by atoms with Crippen LogP contribution in [0.5, 0.6) is 11.5 Å². The molecule has 32 heavy (non-hydrogen) atoms. The number of hydrazine groups is 1. The second kappa shape index (κ2) is 10.3. The molecule has 4 atom stereocenters. The van der Waals surface area contributed by atoms with E-state index in [4.69, 9.17) is 17.0 Å². The standard InChI is InChI=1S/C23H31N5O3S/c1-31-20-6-2-4-18(21(20)29)14-24-26-22(30)16-5-3-10-28(11-9-16)23(32)27-25-19-13-15-7-8-17(19)12-15/h2,4,6-8,14-17,19,25,29H,3,5,9-13H2,1H3,(H,26,30)(H,27,32)/b24-14+/t15-,16+,17+,19-/m0/s1. The number of hydrazone groups is 1. The van der Waals surface area contributed by atoms with E-state index in [9.17, 15) is 9.90 Å². The third kappa shape index (κ3) is 5.21. The van der Waals surface area contributed by atoms with E-state index in [1.54, 1.807) is 18.2 Å². The minimum Gasteiger partial charge on any atom is -0.504 e. The number of carbonyl (C=O) groups excluding carboxylic acids is 1. The van der Waals surface area contributed by atoms with E-state index in [1.807, 2.05) is 0 Å². The molecule has 0 spiro atoms. The summed E-state index contributed by atoms with van der Waals surface area (Å²) in [6, 6.07) is 5.55. The van der Waals surface area contributed by atoms with Gasteiger partial charge < -0.3 is 14.7 Å². The molecule has 2 fully saturated rings. The van der Waals surface area contributed by atoms with Crippen molar-refractivity contribution in [2.24, 2.45) is 22.9 Å². The summed E-state index contributed by atoms with van der Waals surface area (Å²) in [7, 11) is 1.49. The van der Waals surface area contributed by atoms with Gasteiger partial charge in [-0.15, -0.1) is 0 Å². The van der Waals surface area contributed by atoms with E-state index >= 15 is 0 Å². The lowest BCUT2D eigenvalue weighted by Gasteiger charge is -2.27. The van der Waals surface area contributed by atoms with Gasteiger partial charge in [-0.1, -0.05) is 18.2 Å². The van der Waals surface area contributed by atoms with E-state index in [1.165, 1.54) is 19.7 Å². The highest BCUT2D eigenvalue weighted by atomic mass is 32.1. The second-order valence-electron chi connectivity index (χ2n) is 8.71. The predicted octanol–water partition coefficient (Wildman–Crippen LogP) is 2.30. The van der Waals surface area contributed by atoms with E-state index in [-0.39, 0.29) is 17.6 Å². The van der Waals surface area contributed by atoms with Crippen LogP contribution in [-0.4, -0.2) is 53.5 Å². The molecule has 0 radical (unpaired) electrons. The number of rotatable bonds is 6. The van der Waals surface area contributed by atoms with Gasteiger partial charge >= 0.3 is 0 Å². The highest BCUT2D eigenvalue weighted by Crippen LogP contribution is 2.38. The Hall–Kier alpha value is -2.65. The van der Waals surface area contributed by atoms with Crippen LogP contribution in [-0.2, 0) is 4.79 Å². The van der Waals surface area contributed by atoms with Gasteiger partial charge in [0, 0.05) is 30.6 Å². The molecule has 1 aliphatic heterocycles. The molecule has 1 amide bonds. The molecule has 2 bridgehead atoms. The molecular weight excluding hydrogens is 426 g/mol. The van der Waals surface area contributed by atoms with E-state index in [2.05, 4.69) is 38.4 Å². The van der Waals surface area contributed by atoms with Crippen molar-refractivity contribution >= 4 is 29.5 Å². The van der Waals surface area contributed by atoms with Crippen LogP contribution in [0.2, 0.25) is 0 Å². The third-order valence-electron chi connectivity index (χ3n) is 6.66. The molecule has 0 unspecified atom stereocenters. The number of phenolic OH excluding ortho intramolecular Hbond substituents is 1. The molecule has 4 rings (SSSR count). The van der Waals surface area contributed by atoms with Crippen LogP contribution in [0.3, 0.4) is 0 Å². The second-order valence-corrected chi connectivity index (χ2v) is 9.10. The van der Waals surface area contributed by atoms with Gasteiger partial charge in [0.15, 0.2) is 16.6 Å². The molecule has 2 aliphatic carbocycles. The fourth-order valence-electron chi connectivity index (χ4n) is 4.81. The van der Waals surface area contributed by atoms with Crippen molar-refractivity contribution in [3.05, 3.63) is 35.9 Å². The van der Waals surface area contributed by atoms with Crippen LogP contribution in [0.25, 0.3) is 0 Å². The first-order chi connectivity index (χ1) is 15.5. The summed E-state index contributed by atoms with van der Waals surface area (Å²) in [6.45, 7) is 1.55. The molecule has 1 saturated carbocycles. The van der Waals surface area contributed by atoms with E-state index in [0.717, 1.165) is 32.4 Å². The first-order valence-electron chi connectivity index (χ1n) is 11.2. The highest BCUT2D eigenvalue weighted by Gasteiger charge is 2.35. The van der Waals surface area contributed by atoms with Gasteiger partial charge in [0.1, 0.15) is 0 Å². The number of thiocarbonyl (C=S) groups is 1. The van der Waals surface area contributed by atoms with Crippen LogP contribution in [0.4, 0.5) is 0 Å². The Morgan fingerprint density at radius 1 is 1.28 bits per heavy atom. The first-order valence-corrected chi connectivity index (χ1v) is 11.6. The number of carbonyl (C=O) groups is 1. The zero-order valence-electron chi connectivity index (χ0n) is 18.3. The van der Waals surface area contributed by atoms with Crippen LogP contribution in [0, 0.1) is 17.8 Å². The summed E-state index contributed by atoms with van der Waals surface area (Å²) >= 11 is 5.59. The van der Waals surface area contributed by atoms with Crippen molar-refractivity contribution in [1.82, 2.24) is 21.2 Å². The summed E-state index contributed by atoms with van der Waals surface area (Å²) in [6.07, 6.45) is 10.8. The zero-order valence-corrected chi connectivity index (χ0v) is 19.1. The Morgan fingerprint density at radius 3 is 2.91 bits per heavy atom. The van der Waals surface area contributed by atoms with Gasteiger partial charge in [-0.05, 0) is 68.3 Å². The number of likely N-dealkylation sites (tertiary alicyclic amines) is 1. The quantitative estimate of drug-likeness (QED) is 0.225. The lowest BCUT2D eigenvalue weighted by Crippen LogP contribution is -2.51. The number of hydrogen-bond acceptors (Lipinski definition) is 6. The summed E-state index contributed by atoms with van der Waals surface area (Å²) in [5.41, 5.74) is 9.73. The Morgan fingerprint density at radius 2 is 2.16 bits per heavy atom. The molecule has 1 saturated heterocycles. The number of para-hydroxylation sites is 1.